The van der Waals surface area contributed by atoms with E-state index in [1.165, 1.54) is 0 Å². The number of rotatable bonds is 4. The molecule has 2 amide bonds. The van der Waals surface area contributed by atoms with Crippen LogP contribution < -0.4 is 0 Å². The number of carbonyl (C=O) groups excluding carboxylic acids is 2. The van der Waals surface area contributed by atoms with Gasteiger partial charge in [-0.2, -0.15) is 5.10 Å². The van der Waals surface area contributed by atoms with Crippen molar-refractivity contribution in [2.75, 3.05) is 26.2 Å². The number of nitrogens with zero attached hydrogens (tertiary/aromatic N) is 4. The molecule has 0 spiro atoms. The molecule has 134 valence electrons. The molecule has 0 unspecified atom stereocenters. The number of benzene rings is 1. The van der Waals surface area contributed by atoms with Crippen LogP contribution in [0.15, 0.2) is 48.8 Å². The van der Waals surface area contributed by atoms with Crippen LogP contribution in [-0.2, 0) is 9.59 Å². The molecule has 1 aromatic heterocycles. The largest absolute Gasteiger partial charge is 0.339 e. The molecule has 0 N–H and O–H groups in total. The molecule has 1 saturated carbocycles. The Morgan fingerprint density at radius 3 is 2.38 bits per heavy atom. The van der Waals surface area contributed by atoms with E-state index in [1.54, 1.807) is 27.9 Å². The minimum absolute atomic E-state index is 0.0176. The fraction of sp³-hybridized carbons (Fsp3) is 0.350. The summed E-state index contributed by atoms with van der Waals surface area (Å²) in [7, 11) is 0. The lowest BCUT2D eigenvalue weighted by molar-refractivity contribution is -0.138. The van der Waals surface area contributed by atoms with E-state index in [1.807, 2.05) is 41.4 Å². The standard InChI is InChI=1S/C20H22N4O2/c25-19(22-10-12-23(13-11-22)20(26)17-7-8-17)9-6-16-14-21-24(15-16)18-4-2-1-3-5-18/h1-6,9,14-15,17H,7-8,10-13H2. The van der Waals surface area contributed by atoms with E-state index in [-0.39, 0.29) is 17.7 Å². The number of aromatic nitrogens is 2. The monoisotopic (exact) mass is 350 g/mol. The van der Waals surface area contributed by atoms with Crippen molar-refractivity contribution in [2.24, 2.45) is 5.92 Å². The number of carbonyl (C=O) groups is 2. The second-order valence-corrected chi connectivity index (χ2v) is 6.81. The van der Waals surface area contributed by atoms with Gasteiger partial charge in [0.05, 0.1) is 11.9 Å². The van der Waals surface area contributed by atoms with Crippen molar-refractivity contribution in [1.82, 2.24) is 19.6 Å². The molecule has 6 heteroatoms. The SMILES string of the molecule is O=C(C=Cc1cnn(-c2ccccc2)c1)N1CCN(C(=O)C2CC2)CC1. The fourth-order valence-corrected chi connectivity index (χ4v) is 3.15. The Kier molecular flexibility index (Phi) is 4.56. The highest BCUT2D eigenvalue weighted by atomic mass is 16.2. The van der Waals surface area contributed by atoms with Gasteiger partial charge in [0.2, 0.25) is 11.8 Å². The van der Waals surface area contributed by atoms with Crippen molar-refractivity contribution in [3.63, 3.8) is 0 Å². The first-order valence-corrected chi connectivity index (χ1v) is 9.06. The van der Waals surface area contributed by atoms with Crippen molar-refractivity contribution < 1.29 is 9.59 Å². The van der Waals surface area contributed by atoms with Crippen LogP contribution in [0.25, 0.3) is 11.8 Å². The van der Waals surface area contributed by atoms with Gasteiger partial charge in [-0.05, 0) is 31.1 Å². The van der Waals surface area contributed by atoms with E-state index >= 15 is 0 Å². The average molecular weight is 350 g/mol. The summed E-state index contributed by atoms with van der Waals surface area (Å²) >= 11 is 0. The van der Waals surface area contributed by atoms with Crippen LogP contribution in [0.4, 0.5) is 0 Å². The first kappa shape index (κ1) is 16.6. The van der Waals surface area contributed by atoms with Crippen LogP contribution >= 0.6 is 0 Å². The molecule has 2 aromatic rings. The summed E-state index contributed by atoms with van der Waals surface area (Å²) < 4.78 is 1.78. The van der Waals surface area contributed by atoms with Crippen molar-refractivity contribution >= 4 is 17.9 Å². The van der Waals surface area contributed by atoms with Gasteiger partial charge in [0.1, 0.15) is 0 Å². The second kappa shape index (κ2) is 7.15. The zero-order chi connectivity index (χ0) is 17.9. The highest BCUT2D eigenvalue weighted by Crippen LogP contribution is 2.31. The summed E-state index contributed by atoms with van der Waals surface area (Å²) in [6.45, 7) is 2.48. The Balaban J connectivity index is 1.32. The predicted octanol–water partition coefficient (Wildman–Crippen LogP) is 1.97. The number of hydrogen-bond acceptors (Lipinski definition) is 3. The molecule has 6 nitrogen and oxygen atoms in total. The quantitative estimate of drug-likeness (QED) is 0.792. The molecule has 2 fully saturated rings. The Bertz CT molecular complexity index is 815. The summed E-state index contributed by atoms with van der Waals surface area (Å²) in [5, 5.41) is 4.32. The zero-order valence-electron chi connectivity index (χ0n) is 14.6. The lowest BCUT2D eigenvalue weighted by Crippen LogP contribution is -2.50. The molecule has 1 saturated heterocycles. The van der Waals surface area contributed by atoms with Crippen LogP contribution in [-0.4, -0.2) is 57.6 Å². The third-order valence-electron chi connectivity index (χ3n) is 4.87. The van der Waals surface area contributed by atoms with Gasteiger partial charge in [0, 0.05) is 49.9 Å². The Morgan fingerprint density at radius 1 is 1.00 bits per heavy atom. The molecule has 2 aliphatic rings. The van der Waals surface area contributed by atoms with Crippen LogP contribution in [0.3, 0.4) is 0 Å². The molecule has 0 atom stereocenters. The van der Waals surface area contributed by atoms with Gasteiger partial charge < -0.3 is 9.80 Å². The molecular weight excluding hydrogens is 328 g/mol. The highest BCUT2D eigenvalue weighted by Gasteiger charge is 2.34. The predicted molar refractivity (Wildman–Crippen MR) is 98.5 cm³/mol. The van der Waals surface area contributed by atoms with Gasteiger partial charge in [0.25, 0.3) is 0 Å². The first-order chi connectivity index (χ1) is 12.7. The lowest BCUT2D eigenvalue weighted by atomic mass is 10.2. The Hall–Kier alpha value is -2.89. The smallest absolute Gasteiger partial charge is 0.246 e. The minimum atomic E-state index is -0.0176. The van der Waals surface area contributed by atoms with Gasteiger partial charge in [-0.25, -0.2) is 4.68 Å². The number of para-hydroxylation sites is 1. The van der Waals surface area contributed by atoms with Gasteiger partial charge in [0.15, 0.2) is 0 Å². The molecule has 1 aromatic carbocycles. The summed E-state index contributed by atoms with van der Waals surface area (Å²) in [6.07, 6.45) is 9.06. The Morgan fingerprint density at radius 2 is 1.69 bits per heavy atom. The van der Waals surface area contributed by atoms with Crippen molar-refractivity contribution in [3.05, 3.63) is 54.4 Å². The minimum Gasteiger partial charge on any atom is -0.339 e. The van der Waals surface area contributed by atoms with Crippen LogP contribution in [0, 0.1) is 5.92 Å². The van der Waals surface area contributed by atoms with E-state index < -0.39 is 0 Å². The van der Waals surface area contributed by atoms with Gasteiger partial charge >= 0.3 is 0 Å². The maximum absolute atomic E-state index is 12.4. The summed E-state index contributed by atoms with van der Waals surface area (Å²) in [5.74, 6) is 0.496. The average Bonchev–Trinajstić information content (AvgIpc) is 3.44. The van der Waals surface area contributed by atoms with Crippen LogP contribution in [0.2, 0.25) is 0 Å². The maximum Gasteiger partial charge on any atom is 0.246 e. The molecule has 0 radical (unpaired) electrons. The summed E-state index contributed by atoms with van der Waals surface area (Å²) in [5.41, 5.74) is 1.86. The van der Waals surface area contributed by atoms with Crippen molar-refractivity contribution in [2.45, 2.75) is 12.8 Å². The highest BCUT2D eigenvalue weighted by molar-refractivity contribution is 5.92. The van der Waals surface area contributed by atoms with Gasteiger partial charge in [-0.1, -0.05) is 18.2 Å². The van der Waals surface area contributed by atoms with Gasteiger partial charge in [-0.3, -0.25) is 9.59 Å². The maximum atomic E-state index is 12.4. The molecule has 4 rings (SSSR count). The second-order valence-electron chi connectivity index (χ2n) is 6.81. The Labute approximate surface area is 152 Å². The number of amides is 2. The number of hydrogen-bond donors (Lipinski definition) is 0. The number of piperazine rings is 1. The topological polar surface area (TPSA) is 58.4 Å². The van der Waals surface area contributed by atoms with Gasteiger partial charge in [-0.15, -0.1) is 0 Å². The van der Waals surface area contributed by atoms with Crippen molar-refractivity contribution in [1.29, 1.82) is 0 Å². The van der Waals surface area contributed by atoms with Crippen LogP contribution in [0.5, 0.6) is 0 Å². The van der Waals surface area contributed by atoms with E-state index in [4.69, 9.17) is 0 Å². The first-order valence-electron chi connectivity index (χ1n) is 9.06. The molecule has 0 bridgehead atoms. The third kappa shape index (κ3) is 3.69. The third-order valence-corrected chi connectivity index (χ3v) is 4.87. The lowest BCUT2D eigenvalue weighted by Gasteiger charge is -2.34. The summed E-state index contributed by atoms with van der Waals surface area (Å²) in [6, 6.07) is 9.85. The molecule has 1 aliphatic carbocycles. The normalized spacial score (nSPS) is 17.7. The van der Waals surface area contributed by atoms with Crippen LogP contribution in [0.1, 0.15) is 18.4 Å². The van der Waals surface area contributed by atoms with E-state index in [0.29, 0.717) is 26.2 Å². The van der Waals surface area contributed by atoms with E-state index in [9.17, 15) is 9.59 Å². The molecule has 2 heterocycles. The van der Waals surface area contributed by atoms with E-state index in [2.05, 4.69) is 5.10 Å². The molecule has 26 heavy (non-hydrogen) atoms. The zero-order valence-corrected chi connectivity index (χ0v) is 14.6. The summed E-state index contributed by atoms with van der Waals surface area (Å²) in [4.78, 5) is 28.1. The molecular formula is C20H22N4O2. The molecule has 1 aliphatic heterocycles. The fourth-order valence-electron chi connectivity index (χ4n) is 3.15. The van der Waals surface area contributed by atoms with E-state index in [0.717, 1.165) is 24.1 Å². The van der Waals surface area contributed by atoms with Crippen molar-refractivity contribution in [3.8, 4) is 5.69 Å².